The van der Waals surface area contributed by atoms with Gasteiger partial charge in [0.1, 0.15) is 0 Å². The fourth-order valence-electron chi connectivity index (χ4n) is 0.538. The number of halogens is 1. The van der Waals surface area contributed by atoms with Crippen LogP contribution in [0, 0.1) is 0 Å². The van der Waals surface area contributed by atoms with E-state index in [1.165, 1.54) is 4.90 Å². The molecular formula is C7H9ClN4O5. The number of H-pyrrole nitrogens is 1. The minimum Gasteiger partial charge on any atom is -0.473 e. The van der Waals surface area contributed by atoms with Crippen molar-refractivity contribution in [3.8, 4) is 0 Å². The first-order valence-electron chi connectivity index (χ1n) is 4.01. The standard InChI is InChI=1S/C5H7ClN4O.C2H2O4/c1-10(2)4(11)3-7-5(6)9-8-3;3-1(4)2(5)6/h1-2H3,(H,7,8,9);(H,3,4)(H,5,6). The lowest BCUT2D eigenvalue weighted by atomic mass is 10.5. The number of aliphatic carboxylic acids is 2. The molecule has 0 aromatic carbocycles. The van der Waals surface area contributed by atoms with Crippen molar-refractivity contribution in [3.05, 3.63) is 11.1 Å². The third-order valence-corrected chi connectivity index (χ3v) is 1.41. The van der Waals surface area contributed by atoms with Crippen LogP contribution < -0.4 is 0 Å². The second-order valence-corrected chi connectivity index (χ2v) is 3.12. The van der Waals surface area contributed by atoms with Gasteiger partial charge in [0.25, 0.3) is 5.91 Å². The number of carbonyl (C=O) groups is 3. The summed E-state index contributed by atoms with van der Waals surface area (Å²) in [6.07, 6.45) is 0. The number of carbonyl (C=O) groups excluding carboxylic acids is 1. The largest absolute Gasteiger partial charge is 0.473 e. The van der Waals surface area contributed by atoms with Crippen molar-refractivity contribution in [2.75, 3.05) is 14.1 Å². The zero-order valence-corrected chi connectivity index (χ0v) is 9.59. The van der Waals surface area contributed by atoms with E-state index in [0.717, 1.165) is 0 Å². The average Bonchev–Trinajstić information content (AvgIpc) is 2.64. The summed E-state index contributed by atoms with van der Waals surface area (Å²) in [6, 6.07) is 0. The van der Waals surface area contributed by atoms with Gasteiger partial charge in [-0.2, -0.15) is 4.98 Å². The molecule has 1 amide bonds. The fraction of sp³-hybridized carbons (Fsp3) is 0.286. The number of aromatic amines is 1. The van der Waals surface area contributed by atoms with Crippen molar-refractivity contribution in [2.24, 2.45) is 0 Å². The highest BCUT2D eigenvalue weighted by Crippen LogP contribution is 2.00. The van der Waals surface area contributed by atoms with Gasteiger partial charge in [0.15, 0.2) is 0 Å². The maximum atomic E-state index is 11.1. The predicted molar refractivity (Wildman–Crippen MR) is 54.7 cm³/mol. The predicted octanol–water partition coefficient (Wildman–Crippen LogP) is -0.685. The summed E-state index contributed by atoms with van der Waals surface area (Å²) in [5.74, 6) is -3.84. The van der Waals surface area contributed by atoms with E-state index in [1.807, 2.05) is 0 Å². The summed E-state index contributed by atoms with van der Waals surface area (Å²) in [7, 11) is 3.24. The van der Waals surface area contributed by atoms with Crippen molar-refractivity contribution < 1.29 is 24.6 Å². The first kappa shape index (κ1) is 14.8. The highest BCUT2D eigenvalue weighted by atomic mass is 35.5. The molecule has 0 bridgehead atoms. The zero-order chi connectivity index (χ0) is 13.6. The molecule has 1 heterocycles. The third-order valence-electron chi connectivity index (χ3n) is 1.24. The van der Waals surface area contributed by atoms with Crippen LogP contribution in [0.2, 0.25) is 5.28 Å². The molecule has 1 aromatic heterocycles. The maximum Gasteiger partial charge on any atom is 0.414 e. The number of nitrogens with one attached hydrogen (secondary N) is 1. The van der Waals surface area contributed by atoms with Gasteiger partial charge in [0.05, 0.1) is 0 Å². The summed E-state index contributed by atoms with van der Waals surface area (Å²) in [4.78, 5) is 34.3. The summed E-state index contributed by atoms with van der Waals surface area (Å²) in [5.41, 5.74) is 0. The Morgan fingerprint density at radius 1 is 1.24 bits per heavy atom. The molecule has 3 N–H and O–H groups in total. The van der Waals surface area contributed by atoms with Crippen LogP contribution in [0.15, 0.2) is 0 Å². The SMILES string of the molecule is CN(C)C(=O)c1n[nH]c(Cl)n1.O=C(O)C(=O)O. The smallest absolute Gasteiger partial charge is 0.414 e. The normalized spacial score (nSPS) is 8.88. The molecule has 0 saturated heterocycles. The number of hydrogen-bond acceptors (Lipinski definition) is 5. The Balaban J connectivity index is 0.000000366. The van der Waals surface area contributed by atoms with E-state index < -0.39 is 11.9 Å². The number of carboxylic acids is 2. The van der Waals surface area contributed by atoms with Crippen molar-refractivity contribution in [2.45, 2.75) is 0 Å². The Morgan fingerprint density at radius 3 is 1.94 bits per heavy atom. The lowest BCUT2D eigenvalue weighted by Gasteiger charge is -2.04. The molecule has 0 atom stereocenters. The zero-order valence-electron chi connectivity index (χ0n) is 8.84. The maximum absolute atomic E-state index is 11.1. The van der Waals surface area contributed by atoms with Crippen molar-refractivity contribution in [1.82, 2.24) is 20.1 Å². The van der Waals surface area contributed by atoms with Gasteiger partial charge in [0, 0.05) is 14.1 Å². The van der Waals surface area contributed by atoms with Gasteiger partial charge in [-0.3, -0.25) is 4.79 Å². The second-order valence-electron chi connectivity index (χ2n) is 2.76. The summed E-state index contributed by atoms with van der Waals surface area (Å²) >= 11 is 5.41. The Hall–Kier alpha value is -2.16. The fourth-order valence-corrected chi connectivity index (χ4v) is 0.660. The molecule has 0 aliphatic carbocycles. The molecule has 17 heavy (non-hydrogen) atoms. The average molecular weight is 265 g/mol. The number of nitrogens with zero attached hydrogens (tertiary/aromatic N) is 3. The van der Waals surface area contributed by atoms with Gasteiger partial charge < -0.3 is 15.1 Å². The van der Waals surface area contributed by atoms with E-state index in [4.69, 9.17) is 31.4 Å². The van der Waals surface area contributed by atoms with E-state index in [0.29, 0.717) is 0 Å². The number of hydrogen-bond donors (Lipinski definition) is 3. The molecule has 0 aliphatic rings. The first-order chi connectivity index (χ1) is 7.75. The van der Waals surface area contributed by atoms with E-state index in [-0.39, 0.29) is 17.0 Å². The summed E-state index contributed by atoms with van der Waals surface area (Å²) in [6.45, 7) is 0. The van der Waals surface area contributed by atoms with Crippen LogP contribution >= 0.6 is 11.6 Å². The minimum absolute atomic E-state index is 0.0833. The van der Waals surface area contributed by atoms with E-state index in [2.05, 4.69) is 15.2 Å². The second kappa shape index (κ2) is 6.43. The minimum atomic E-state index is -1.82. The van der Waals surface area contributed by atoms with Crippen molar-refractivity contribution >= 4 is 29.4 Å². The lowest BCUT2D eigenvalue weighted by molar-refractivity contribution is -0.159. The third kappa shape index (κ3) is 5.47. The number of rotatable bonds is 1. The van der Waals surface area contributed by atoms with Gasteiger partial charge in [-0.15, -0.1) is 5.10 Å². The van der Waals surface area contributed by atoms with Gasteiger partial charge in [-0.25, -0.2) is 14.7 Å². The van der Waals surface area contributed by atoms with Crippen molar-refractivity contribution in [1.29, 1.82) is 0 Å². The van der Waals surface area contributed by atoms with Gasteiger partial charge in [0.2, 0.25) is 11.1 Å². The Kier molecular flexibility index (Phi) is 5.61. The van der Waals surface area contributed by atoms with Crippen LogP contribution in [-0.4, -0.2) is 62.2 Å². The van der Waals surface area contributed by atoms with Crippen LogP contribution in [0.4, 0.5) is 0 Å². The number of aromatic nitrogens is 3. The van der Waals surface area contributed by atoms with Crippen LogP contribution in [0.25, 0.3) is 0 Å². The molecule has 94 valence electrons. The quantitative estimate of drug-likeness (QED) is 0.571. The molecule has 1 aromatic rings. The Labute approximate surface area is 100 Å². The van der Waals surface area contributed by atoms with Crippen LogP contribution in [0.3, 0.4) is 0 Å². The molecule has 0 aliphatic heterocycles. The van der Waals surface area contributed by atoms with Gasteiger partial charge in [-0.05, 0) is 11.6 Å². The lowest BCUT2D eigenvalue weighted by Crippen LogP contribution is -2.22. The molecule has 0 unspecified atom stereocenters. The van der Waals surface area contributed by atoms with Crippen molar-refractivity contribution in [3.63, 3.8) is 0 Å². The molecule has 0 spiro atoms. The Morgan fingerprint density at radius 2 is 1.71 bits per heavy atom. The topological polar surface area (TPSA) is 136 Å². The Bertz CT molecular complexity index is 418. The first-order valence-corrected chi connectivity index (χ1v) is 4.39. The van der Waals surface area contributed by atoms with E-state index >= 15 is 0 Å². The summed E-state index contributed by atoms with van der Waals surface area (Å²) < 4.78 is 0. The molecular weight excluding hydrogens is 256 g/mol. The van der Waals surface area contributed by atoms with E-state index in [1.54, 1.807) is 14.1 Å². The summed E-state index contributed by atoms with van der Waals surface area (Å²) in [5, 5.41) is 20.8. The van der Waals surface area contributed by atoms with Gasteiger partial charge in [-0.1, -0.05) is 0 Å². The molecule has 0 radical (unpaired) electrons. The van der Waals surface area contributed by atoms with Crippen LogP contribution in [-0.2, 0) is 9.59 Å². The monoisotopic (exact) mass is 264 g/mol. The molecule has 0 fully saturated rings. The highest BCUT2D eigenvalue weighted by molar-refractivity contribution is 6.28. The molecule has 1 rings (SSSR count). The molecule has 0 saturated carbocycles. The highest BCUT2D eigenvalue weighted by Gasteiger charge is 2.12. The van der Waals surface area contributed by atoms with Gasteiger partial charge >= 0.3 is 11.9 Å². The molecule has 9 nitrogen and oxygen atoms in total. The van der Waals surface area contributed by atoms with Crippen LogP contribution in [0.5, 0.6) is 0 Å². The number of amides is 1. The number of carboxylic acid groups (broad SMARTS) is 2. The molecule has 10 heteroatoms. The van der Waals surface area contributed by atoms with E-state index in [9.17, 15) is 4.79 Å². The van der Waals surface area contributed by atoms with Crippen LogP contribution in [0.1, 0.15) is 10.6 Å².